The molecule has 1 fully saturated rings. The van der Waals surface area contributed by atoms with Gasteiger partial charge < -0.3 is 10.4 Å². The number of hydrogen-bond acceptors (Lipinski definition) is 3. The van der Waals surface area contributed by atoms with E-state index in [0.29, 0.717) is 0 Å². The van der Waals surface area contributed by atoms with Crippen molar-refractivity contribution in [3.8, 4) is 0 Å². The number of hydrogen-bond donors (Lipinski definition) is 2. The number of amides is 1. The molecule has 1 saturated heterocycles. The first-order valence-electron chi connectivity index (χ1n) is 7.56. The molecule has 1 rings (SSSR count). The van der Waals surface area contributed by atoms with Crippen molar-refractivity contribution in [2.75, 3.05) is 6.54 Å². The maximum atomic E-state index is 12.3. The number of carboxylic acids is 1. The van der Waals surface area contributed by atoms with Crippen molar-refractivity contribution >= 4 is 11.9 Å². The lowest BCUT2D eigenvalue weighted by Crippen LogP contribution is -2.55. The maximum Gasteiger partial charge on any atom is 0.304 e. The number of aliphatic carboxylic acids is 1. The molecule has 0 bridgehead atoms. The topological polar surface area (TPSA) is 69.6 Å². The van der Waals surface area contributed by atoms with E-state index in [1.807, 2.05) is 27.7 Å². The molecule has 0 aromatic rings. The minimum atomic E-state index is -0.789. The summed E-state index contributed by atoms with van der Waals surface area (Å²) in [6.07, 6.45) is 3.92. The van der Waals surface area contributed by atoms with Gasteiger partial charge in [-0.15, -0.1) is 0 Å². The summed E-state index contributed by atoms with van der Waals surface area (Å²) in [4.78, 5) is 25.4. The van der Waals surface area contributed by atoms with Crippen molar-refractivity contribution in [1.29, 1.82) is 0 Å². The molecule has 0 aromatic carbocycles. The largest absolute Gasteiger partial charge is 0.481 e. The first-order valence-corrected chi connectivity index (χ1v) is 7.56. The predicted octanol–water partition coefficient (Wildman–Crippen LogP) is 2.01. The summed E-state index contributed by atoms with van der Waals surface area (Å²) in [6, 6.07) is -0.294. The van der Waals surface area contributed by atoms with Crippen LogP contribution < -0.4 is 5.32 Å². The number of nitrogens with one attached hydrogen (secondary N) is 1. The highest BCUT2D eigenvalue weighted by molar-refractivity contribution is 5.82. The van der Waals surface area contributed by atoms with Crippen LogP contribution in [0.5, 0.6) is 0 Å². The van der Waals surface area contributed by atoms with Gasteiger partial charge in [-0.05, 0) is 46.6 Å². The van der Waals surface area contributed by atoms with E-state index in [0.717, 1.165) is 32.2 Å². The van der Waals surface area contributed by atoms with Gasteiger partial charge in [-0.25, -0.2) is 0 Å². The minimum absolute atomic E-state index is 0.00543. The molecule has 2 N–H and O–H groups in total. The highest BCUT2D eigenvalue weighted by Crippen LogP contribution is 2.22. The number of likely N-dealkylation sites (tertiary alicyclic amines) is 1. The van der Waals surface area contributed by atoms with E-state index >= 15 is 0 Å². The van der Waals surface area contributed by atoms with Gasteiger partial charge in [-0.3, -0.25) is 14.5 Å². The lowest BCUT2D eigenvalue weighted by Gasteiger charge is -2.39. The molecule has 2 unspecified atom stereocenters. The zero-order valence-corrected chi connectivity index (χ0v) is 13.1. The molecule has 0 aliphatic carbocycles. The average molecular weight is 284 g/mol. The Labute approximate surface area is 121 Å². The third-order valence-electron chi connectivity index (χ3n) is 4.31. The minimum Gasteiger partial charge on any atom is -0.481 e. The molecule has 5 nitrogen and oxygen atoms in total. The van der Waals surface area contributed by atoms with Crippen molar-refractivity contribution in [3.63, 3.8) is 0 Å². The monoisotopic (exact) mass is 284 g/mol. The van der Waals surface area contributed by atoms with Crippen LogP contribution in [-0.4, -0.2) is 46.1 Å². The zero-order valence-electron chi connectivity index (χ0n) is 13.1. The number of rotatable bonds is 6. The van der Waals surface area contributed by atoms with E-state index in [1.165, 1.54) is 0 Å². The van der Waals surface area contributed by atoms with Crippen LogP contribution in [0, 0.1) is 0 Å². The molecular formula is C15H28N2O3. The SMILES string of the molecule is CCC(C)(C)NC(=O)C(C)N1CCCCC1CC(=O)O. The van der Waals surface area contributed by atoms with Crippen molar-refractivity contribution in [2.45, 2.75) is 77.4 Å². The Balaban J connectivity index is 2.69. The van der Waals surface area contributed by atoms with Gasteiger partial charge in [0.2, 0.25) is 5.91 Å². The van der Waals surface area contributed by atoms with Crippen LogP contribution in [-0.2, 0) is 9.59 Å². The highest BCUT2D eigenvalue weighted by Gasteiger charge is 2.33. The molecule has 1 heterocycles. The summed E-state index contributed by atoms with van der Waals surface area (Å²) in [5.41, 5.74) is -0.219. The summed E-state index contributed by atoms with van der Waals surface area (Å²) in [7, 11) is 0. The number of carboxylic acid groups (broad SMARTS) is 1. The van der Waals surface area contributed by atoms with Gasteiger partial charge >= 0.3 is 5.97 Å². The van der Waals surface area contributed by atoms with Gasteiger partial charge in [0.1, 0.15) is 0 Å². The fourth-order valence-corrected chi connectivity index (χ4v) is 2.63. The van der Waals surface area contributed by atoms with E-state index in [-0.39, 0.29) is 30.0 Å². The summed E-state index contributed by atoms with van der Waals surface area (Å²) in [6.45, 7) is 8.73. The Hall–Kier alpha value is -1.10. The summed E-state index contributed by atoms with van der Waals surface area (Å²) >= 11 is 0. The lowest BCUT2D eigenvalue weighted by atomic mass is 9.96. The Morgan fingerprint density at radius 1 is 1.40 bits per heavy atom. The smallest absolute Gasteiger partial charge is 0.304 e. The average Bonchev–Trinajstić information content (AvgIpc) is 2.37. The Morgan fingerprint density at radius 3 is 2.60 bits per heavy atom. The molecule has 2 atom stereocenters. The third-order valence-corrected chi connectivity index (χ3v) is 4.31. The second-order valence-electron chi connectivity index (χ2n) is 6.39. The van der Waals surface area contributed by atoms with Gasteiger partial charge in [0, 0.05) is 11.6 Å². The number of piperidine rings is 1. The lowest BCUT2D eigenvalue weighted by molar-refractivity contribution is -0.140. The van der Waals surface area contributed by atoms with Crippen LogP contribution in [0.2, 0.25) is 0 Å². The molecule has 1 aliphatic heterocycles. The molecule has 0 radical (unpaired) electrons. The molecule has 1 aliphatic rings. The second-order valence-corrected chi connectivity index (χ2v) is 6.39. The van der Waals surface area contributed by atoms with E-state index in [9.17, 15) is 9.59 Å². The normalized spacial score (nSPS) is 22.3. The molecular weight excluding hydrogens is 256 g/mol. The van der Waals surface area contributed by atoms with Gasteiger partial charge in [-0.2, -0.15) is 0 Å². The maximum absolute atomic E-state index is 12.3. The second kappa shape index (κ2) is 7.07. The predicted molar refractivity (Wildman–Crippen MR) is 78.6 cm³/mol. The number of carbonyl (C=O) groups excluding carboxylic acids is 1. The zero-order chi connectivity index (χ0) is 15.3. The van der Waals surface area contributed by atoms with Crippen LogP contribution in [0.3, 0.4) is 0 Å². The molecule has 0 spiro atoms. The fourth-order valence-electron chi connectivity index (χ4n) is 2.63. The summed E-state index contributed by atoms with van der Waals surface area (Å²) in [5.74, 6) is -0.794. The third kappa shape index (κ3) is 4.78. The van der Waals surface area contributed by atoms with Gasteiger partial charge in [0.15, 0.2) is 0 Å². The molecule has 1 amide bonds. The van der Waals surface area contributed by atoms with Gasteiger partial charge in [0.05, 0.1) is 12.5 Å². The van der Waals surface area contributed by atoms with Gasteiger partial charge in [0.25, 0.3) is 0 Å². The van der Waals surface area contributed by atoms with Gasteiger partial charge in [-0.1, -0.05) is 13.3 Å². The van der Waals surface area contributed by atoms with Crippen LogP contribution in [0.25, 0.3) is 0 Å². The van der Waals surface area contributed by atoms with E-state index in [1.54, 1.807) is 0 Å². The van der Waals surface area contributed by atoms with Crippen LogP contribution >= 0.6 is 0 Å². The van der Waals surface area contributed by atoms with E-state index < -0.39 is 5.97 Å². The standard InChI is InChI=1S/C15H28N2O3/c1-5-15(3,4)16-14(20)11(2)17-9-7-6-8-12(17)10-13(18)19/h11-12H,5-10H2,1-4H3,(H,16,20)(H,18,19). The molecule has 0 saturated carbocycles. The summed E-state index contributed by atoms with van der Waals surface area (Å²) < 4.78 is 0. The molecule has 0 aromatic heterocycles. The van der Waals surface area contributed by atoms with E-state index in [4.69, 9.17) is 5.11 Å². The van der Waals surface area contributed by atoms with Crippen LogP contribution in [0.4, 0.5) is 0 Å². The Morgan fingerprint density at radius 2 is 2.05 bits per heavy atom. The fraction of sp³-hybridized carbons (Fsp3) is 0.867. The van der Waals surface area contributed by atoms with E-state index in [2.05, 4.69) is 10.2 Å². The highest BCUT2D eigenvalue weighted by atomic mass is 16.4. The van der Waals surface area contributed by atoms with Crippen molar-refractivity contribution in [2.24, 2.45) is 0 Å². The molecule has 20 heavy (non-hydrogen) atoms. The quantitative estimate of drug-likeness (QED) is 0.783. The number of carbonyl (C=O) groups is 2. The first kappa shape index (κ1) is 17.0. The van der Waals surface area contributed by atoms with Crippen molar-refractivity contribution < 1.29 is 14.7 Å². The Kier molecular flexibility index (Phi) is 5.99. The molecule has 5 heteroatoms. The summed E-state index contributed by atoms with van der Waals surface area (Å²) in [5, 5.41) is 12.1. The Bertz CT molecular complexity index is 355. The van der Waals surface area contributed by atoms with Crippen molar-refractivity contribution in [1.82, 2.24) is 10.2 Å². The van der Waals surface area contributed by atoms with Crippen LogP contribution in [0.15, 0.2) is 0 Å². The number of nitrogens with zero attached hydrogens (tertiary/aromatic N) is 1. The first-order chi connectivity index (χ1) is 9.26. The van der Waals surface area contributed by atoms with Crippen LogP contribution in [0.1, 0.15) is 59.8 Å². The van der Waals surface area contributed by atoms with Crippen molar-refractivity contribution in [3.05, 3.63) is 0 Å². The molecule has 116 valence electrons.